The summed E-state index contributed by atoms with van der Waals surface area (Å²) in [7, 11) is 1.68. The molecule has 0 saturated heterocycles. The summed E-state index contributed by atoms with van der Waals surface area (Å²) in [6.07, 6.45) is 5.08. The number of nitrogens with zero attached hydrogens (tertiary/aromatic N) is 2. The van der Waals surface area contributed by atoms with Crippen LogP contribution in [0.25, 0.3) is 0 Å². The molecule has 0 radical (unpaired) electrons. The predicted octanol–water partition coefficient (Wildman–Crippen LogP) is 1.81. The molecule has 0 atom stereocenters. The predicted molar refractivity (Wildman–Crippen MR) is 79.8 cm³/mol. The standard InChI is InChI=1S/C16H16FN3O2/c1-4-8-22-14-7-5-6-12(15(14)17)10-18-16(21)13-9-11(2)19-20(13)3/h1,5-7,9H,8,10H2,2-3H3,(H,18,21). The second kappa shape index (κ2) is 6.76. The Labute approximate surface area is 128 Å². The highest BCUT2D eigenvalue weighted by atomic mass is 19.1. The summed E-state index contributed by atoms with van der Waals surface area (Å²) in [6, 6.07) is 6.37. The molecule has 114 valence electrons. The van der Waals surface area contributed by atoms with Crippen molar-refractivity contribution in [3.63, 3.8) is 0 Å². The van der Waals surface area contributed by atoms with Crippen LogP contribution in [0.3, 0.4) is 0 Å². The molecule has 5 nitrogen and oxygen atoms in total. The Morgan fingerprint density at radius 3 is 2.95 bits per heavy atom. The zero-order valence-electron chi connectivity index (χ0n) is 12.4. The average molecular weight is 301 g/mol. The Morgan fingerprint density at radius 1 is 1.55 bits per heavy atom. The smallest absolute Gasteiger partial charge is 0.269 e. The van der Waals surface area contributed by atoms with E-state index in [1.807, 2.05) is 0 Å². The van der Waals surface area contributed by atoms with Gasteiger partial charge in [-0.05, 0) is 19.1 Å². The van der Waals surface area contributed by atoms with Crippen LogP contribution in [-0.2, 0) is 13.6 Å². The van der Waals surface area contributed by atoms with Crippen LogP contribution in [0.1, 0.15) is 21.7 Å². The van der Waals surface area contributed by atoms with E-state index < -0.39 is 5.82 Å². The molecule has 1 amide bonds. The van der Waals surface area contributed by atoms with Gasteiger partial charge in [0, 0.05) is 19.2 Å². The number of benzene rings is 1. The van der Waals surface area contributed by atoms with Crippen LogP contribution in [0, 0.1) is 25.1 Å². The molecule has 2 rings (SSSR count). The Bertz CT molecular complexity index is 731. The molecule has 1 N–H and O–H groups in total. The van der Waals surface area contributed by atoms with Crippen molar-refractivity contribution in [2.45, 2.75) is 13.5 Å². The van der Waals surface area contributed by atoms with Gasteiger partial charge in [0.05, 0.1) is 5.69 Å². The van der Waals surface area contributed by atoms with Crippen molar-refractivity contribution in [1.29, 1.82) is 0 Å². The van der Waals surface area contributed by atoms with Crippen molar-refractivity contribution >= 4 is 5.91 Å². The summed E-state index contributed by atoms with van der Waals surface area (Å²) in [6.45, 7) is 1.83. The number of aryl methyl sites for hydroxylation is 2. The molecule has 1 aromatic heterocycles. The summed E-state index contributed by atoms with van der Waals surface area (Å²) in [5, 5.41) is 6.75. The number of halogens is 1. The van der Waals surface area contributed by atoms with Gasteiger partial charge in [-0.2, -0.15) is 5.10 Å². The topological polar surface area (TPSA) is 56.1 Å². The second-order valence-corrected chi connectivity index (χ2v) is 4.70. The first kappa shape index (κ1) is 15.6. The fraction of sp³-hybridized carbons (Fsp3) is 0.250. The third-order valence-corrected chi connectivity index (χ3v) is 3.03. The Balaban J connectivity index is 2.07. The van der Waals surface area contributed by atoms with Gasteiger partial charge < -0.3 is 10.1 Å². The molecule has 0 fully saturated rings. The van der Waals surface area contributed by atoms with Gasteiger partial charge in [-0.3, -0.25) is 9.48 Å². The van der Waals surface area contributed by atoms with Crippen LogP contribution in [0.2, 0.25) is 0 Å². The minimum Gasteiger partial charge on any atom is -0.478 e. The summed E-state index contributed by atoms with van der Waals surface area (Å²) in [4.78, 5) is 12.1. The summed E-state index contributed by atoms with van der Waals surface area (Å²) in [5.41, 5.74) is 1.47. The third-order valence-electron chi connectivity index (χ3n) is 3.03. The SMILES string of the molecule is C#CCOc1cccc(CNC(=O)c2cc(C)nn2C)c1F. The second-order valence-electron chi connectivity index (χ2n) is 4.70. The van der Waals surface area contributed by atoms with Crippen LogP contribution in [-0.4, -0.2) is 22.3 Å². The van der Waals surface area contributed by atoms with Crippen LogP contribution in [0.4, 0.5) is 4.39 Å². The van der Waals surface area contributed by atoms with E-state index in [0.29, 0.717) is 11.3 Å². The van der Waals surface area contributed by atoms with Crippen molar-refractivity contribution in [3.8, 4) is 18.1 Å². The van der Waals surface area contributed by atoms with Crippen molar-refractivity contribution in [2.24, 2.45) is 7.05 Å². The van der Waals surface area contributed by atoms with Crippen molar-refractivity contribution in [3.05, 3.63) is 47.0 Å². The minimum absolute atomic E-state index is 0.0129. The number of ether oxygens (including phenoxy) is 1. The summed E-state index contributed by atoms with van der Waals surface area (Å²) in [5.74, 6) is 1.49. The molecule has 1 heterocycles. The Hall–Kier alpha value is -2.81. The van der Waals surface area contributed by atoms with Gasteiger partial charge >= 0.3 is 0 Å². The molecule has 22 heavy (non-hydrogen) atoms. The lowest BCUT2D eigenvalue weighted by Gasteiger charge is -2.09. The molecule has 1 aromatic carbocycles. The zero-order chi connectivity index (χ0) is 16.1. The van der Waals surface area contributed by atoms with Gasteiger partial charge in [0.2, 0.25) is 0 Å². The van der Waals surface area contributed by atoms with E-state index >= 15 is 0 Å². The molecule has 0 aliphatic heterocycles. The third kappa shape index (κ3) is 3.44. The first-order valence-corrected chi connectivity index (χ1v) is 6.65. The van der Waals surface area contributed by atoms with Gasteiger partial charge in [0.25, 0.3) is 5.91 Å². The van der Waals surface area contributed by atoms with Crippen LogP contribution >= 0.6 is 0 Å². The largest absolute Gasteiger partial charge is 0.478 e. The van der Waals surface area contributed by atoms with Gasteiger partial charge in [0.15, 0.2) is 11.6 Å². The first-order valence-electron chi connectivity index (χ1n) is 6.65. The Morgan fingerprint density at radius 2 is 2.32 bits per heavy atom. The van der Waals surface area contributed by atoms with Gasteiger partial charge in [-0.1, -0.05) is 18.1 Å². The maximum absolute atomic E-state index is 14.2. The van der Waals surface area contributed by atoms with E-state index in [9.17, 15) is 9.18 Å². The van der Waals surface area contributed by atoms with Gasteiger partial charge in [-0.15, -0.1) is 6.42 Å². The highest BCUT2D eigenvalue weighted by Gasteiger charge is 2.14. The molecular formula is C16H16FN3O2. The molecule has 0 saturated carbocycles. The van der Waals surface area contributed by atoms with Crippen LogP contribution < -0.4 is 10.1 Å². The quantitative estimate of drug-likeness (QED) is 0.857. The fourth-order valence-corrected chi connectivity index (χ4v) is 2.01. The number of carbonyl (C=O) groups excluding carboxylic acids is 1. The maximum atomic E-state index is 14.2. The number of amides is 1. The first-order chi connectivity index (χ1) is 10.5. The maximum Gasteiger partial charge on any atom is 0.269 e. The lowest BCUT2D eigenvalue weighted by atomic mass is 10.2. The normalized spacial score (nSPS) is 10.1. The molecule has 0 aliphatic carbocycles. The number of terminal acetylenes is 1. The summed E-state index contributed by atoms with van der Waals surface area (Å²) >= 11 is 0. The molecule has 6 heteroatoms. The average Bonchev–Trinajstić information content (AvgIpc) is 2.83. The van der Waals surface area contributed by atoms with Crippen molar-refractivity contribution in [1.82, 2.24) is 15.1 Å². The molecular weight excluding hydrogens is 285 g/mol. The van der Waals surface area contributed by atoms with E-state index in [0.717, 1.165) is 5.69 Å². The molecule has 0 aliphatic rings. The van der Waals surface area contributed by atoms with Crippen molar-refractivity contribution in [2.75, 3.05) is 6.61 Å². The van der Waals surface area contributed by atoms with Crippen LogP contribution in [0.5, 0.6) is 5.75 Å². The van der Waals surface area contributed by atoms with E-state index in [4.69, 9.17) is 11.2 Å². The Kier molecular flexibility index (Phi) is 4.79. The van der Waals surface area contributed by atoms with E-state index in [1.54, 1.807) is 32.2 Å². The fourth-order valence-electron chi connectivity index (χ4n) is 2.01. The number of aromatic nitrogens is 2. The molecule has 0 unspecified atom stereocenters. The highest BCUT2D eigenvalue weighted by molar-refractivity contribution is 5.92. The number of hydrogen-bond donors (Lipinski definition) is 1. The number of carbonyl (C=O) groups is 1. The minimum atomic E-state index is -0.528. The molecule has 0 spiro atoms. The number of rotatable bonds is 5. The number of hydrogen-bond acceptors (Lipinski definition) is 3. The lowest BCUT2D eigenvalue weighted by Crippen LogP contribution is -2.25. The van der Waals surface area contributed by atoms with Gasteiger partial charge in [0.1, 0.15) is 12.3 Å². The van der Waals surface area contributed by atoms with Crippen LogP contribution in [0.15, 0.2) is 24.3 Å². The van der Waals surface area contributed by atoms with Crippen molar-refractivity contribution < 1.29 is 13.9 Å². The molecule has 0 bridgehead atoms. The summed E-state index contributed by atoms with van der Waals surface area (Å²) < 4.78 is 20.8. The van der Waals surface area contributed by atoms with E-state index in [1.165, 1.54) is 10.7 Å². The van der Waals surface area contributed by atoms with E-state index in [-0.39, 0.29) is 24.8 Å². The lowest BCUT2D eigenvalue weighted by molar-refractivity contribution is 0.0941. The highest BCUT2D eigenvalue weighted by Crippen LogP contribution is 2.20. The van der Waals surface area contributed by atoms with Gasteiger partial charge in [-0.25, -0.2) is 4.39 Å². The zero-order valence-corrected chi connectivity index (χ0v) is 12.4. The van der Waals surface area contributed by atoms with E-state index in [2.05, 4.69) is 16.3 Å². The number of nitrogens with one attached hydrogen (secondary N) is 1. The molecule has 2 aromatic rings. The monoisotopic (exact) mass is 301 g/mol.